The molecule has 0 aliphatic carbocycles. The molecule has 6 heteroatoms. The highest BCUT2D eigenvalue weighted by atomic mass is 16.7. The van der Waals surface area contributed by atoms with Gasteiger partial charge in [-0.1, -0.05) is 12.1 Å². The standard InChI is InChI=1S/C16H15NO5/c1-11-10-14(6-7-15(11)17(18)19)22-13-4-2-12(3-5-13)16-20-8-9-21-16/h2-7,10,16H,8-9H2,1H3. The number of aryl methyl sites for hydroxylation is 1. The van der Waals surface area contributed by atoms with E-state index in [0.29, 0.717) is 30.3 Å². The van der Waals surface area contributed by atoms with Crippen LogP contribution in [-0.4, -0.2) is 18.1 Å². The number of benzene rings is 2. The second kappa shape index (κ2) is 6.13. The third-order valence-electron chi connectivity index (χ3n) is 3.37. The molecule has 0 N–H and O–H groups in total. The molecule has 1 aliphatic rings. The molecule has 0 aromatic heterocycles. The molecule has 0 unspecified atom stereocenters. The van der Waals surface area contributed by atoms with E-state index in [0.717, 1.165) is 5.56 Å². The van der Waals surface area contributed by atoms with E-state index in [9.17, 15) is 10.1 Å². The number of nitro benzene ring substituents is 1. The summed E-state index contributed by atoms with van der Waals surface area (Å²) in [6.07, 6.45) is -0.310. The fraction of sp³-hybridized carbons (Fsp3) is 0.250. The van der Waals surface area contributed by atoms with Crippen molar-refractivity contribution in [2.24, 2.45) is 0 Å². The van der Waals surface area contributed by atoms with Crippen molar-refractivity contribution in [3.05, 3.63) is 63.7 Å². The summed E-state index contributed by atoms with van der Waals surface area (Å²) in [5, 5.41) is 10.8. The van der Waals surface area contributed by atoms with Crippen molar-refractivity contribution in [1.29, 1.82) is 0 Å². The maximum absolute atomic E-state index is 10.8. The Morgan fingerprint density at radius 3 is 2.32 bits per heavy atom. The second-order valence-corrected chi connectivity index (χ2v) is 4.95. The lowest BCUT2D eigenvalue weighted by Gasteiger charge is -2.11. The van der Waals surface area contributed by atoms with Gasteiger partial charge in [-0.05, 0) is 31.2 Å². The van der Waals surface area contributed by atoms with Crippen LogP contribution in [0.15, 0.2) is 42.5 Å². The highest BCUT2D eigenvalue weighted by molar-refractivity contribution is 5.45. The zero-order valence-corrected chi connectivity index (χ0v) is 12.0. The molecule has 2 aromatic carbocycles. The van der Waals surface area contributed by atoms with Gasteiger partial charge in [0, 0.05) is 17.2 Å². The molecule has 22 heavy (non-hydrogen) atoms. The lowest BCUT2D eigenvalue weighted by molar-refractivity contribution is -0.385. The van der Waals surface area contributed by atoms with Crippen LogP contribution < -0.4 is 4.74 Å². The van der Waals surface area contributed by atoms with Gasteiger partial charge < -0.3 is 14.2 Å². The minimum Gasteiger partial charge on any atom is -0.457 e. The summed E-state index contributed by atoms with van der Waals surface area (Å²) in [4.78, 5) is 10.4. The molecule has 0 atom stereocenters. The second-order valence-electron chi connectivity index (χ2n) is 4.95. The van der Waals surface area contributed by atoms with Crippen molar-refractivity contribution >= 4 is 5.69 Å². The van der Waals surface area contributed by atoms with Crippen LogP contribution in [0.2, 0.25) is 0 Å². The molecule has 114 valence electrons. The smallest absolute Gasteiger partial charge is 0.272 e. The Balaban J connectivity index is 1.73. The van der Waals surface area contributed by atoms with Crippen LogP contribution in [-0.2, 0) is 9.47 Å². The number of nitro groups is 1. The number of rotatable bonds is 4. The predicted octanol–water partition coefficient (Wildman–Crippen LogP) is 3.74. The summed E-state index contributed by atoms with van der Waals surface area (Å²) in [6.45, 7) is 2.89. The van der Waals surface area contributed by atoms with Gasteiger partial charge in [-0.25, -0.2) is 0 Å². The minimum absolute atomic E-state index is 0.0817. The van der Waals surface area contributed by atoms with Crippen LogP contribution in [0, 0.1) is 17.0 Å². The molecule has 1 fully saturated rings. The van der Waals surface area contributed by atoms with Gasteiger partial charge in [-0.15, -0.1) is 0 Å². The SMILES string of the molecule is Cc1cc(Oc2ccc(C3OCCO3)cc2)ccc1[N+](=O)[O-]. The third-order valence-corrected chi connectivity index (χ3v) is 3.37. The summed E-state index contributed by atoms with van der Waals surface area (Å²) >= 11 is 0. The average Bonchev–Trinajstić information content (AvgIpc) is 3.02. The summed E-state index contributed by atoms with van der Waals surface area (Å²) in [7, 11) is 0. The first-order valence-corrected chi connectivity index (χ1v) is 6.89. The van der Waals surface area contributed by atoms with E-state index in [1.807, 2.05) is 24.3 Å². The Labute approximate surface area is 127 Å². The fourth-order valence-electron chi connectivity index (χ4n) is 2.28. The van der Waals surface area contributed by atoms with Crippen molar-refractivity contribution in [2.75, 3.05) is 13.2 Å². The van der Waals surface area contributed by atoms with E-state index in [2.05, 4.69) is 0 Å². The van der Waals surface area contributed by atoms with Crippen LogP contribution in [0.25, 0.3) is 0 Å². The Morgan fingerprint density at radius 1 is 1.09 bits per heavy atom. The van der Waals surface area contributed by atoms with E-state index in [4.69, 9.17) is 14.2 Å². The highest BCUT2D eigenvalue weighted by Gasteiger charge is 2.18. The molecular weight excluding hydrogens is 286 g/mol. The molecule has 0 radical (unpaired) electrons. The van der Waals surface area contributed by atoms with Gasteiger partial charge in [0.2, 0.25) is 0 Å². The van der Waals surface area contributed by atoms with Gasteiger partial charge in [0.05, 0.1) is 18.1 Å². The van der Waals surface area contributed by atoms with Crippen LogP contribution in [0.5, 0.6) is 11.5 Å². The Kier molecular flexibility index (Phi) is 4.04. The number of hydrogen-bond acceptors (Lipinski definition) is 5. The first kappa shape index (κ1) is 14.5. The lowest BCUT2D eigenvalue weighted by atomic mass is 10.2. The summed E-state index contributed by atoms with van der Waals surface area (Å²) in [6, 6.07) is 12.1. The summed E-state index contributed by atoms with van der Waals surface area (Å²) < 4.78 is 16.6. The number of hydrogen-bond donors (Lipinski definition) is 0. The number of nitrogens with zero attached hydrogens (tertiary/aromatic N) is 1. The molecule has 0 bridgehead atoms. The Hall–Kier alpha value is -2.44. The van der Waals surface area contributed by atoms with E-state index in [1.165, 1.54) is 6.07 Å². The van der Waals surface area contributed by atoms with Crippen LogP contribution >= 0.6 is 0 Å². The molecule has 0 saturated carbocycles. The molecule has 0 amide bonds. The van der Waals surface area contributed by atoms with Gasteiger partial charge in [0.1, 0.15) is 11.5 Å². The van der Waals surface area contributed by atoms with Crippen molar-refractivity contribution < 1.29 is 19.1 Å². The van der Waals surface area contributed by atoms with Gasteiger partial charge >= 0.3 is 0 Å². The maximum atomic E-state index is 10.8. The van der Waals surface area contributed by atoms with Crippen molar-refractivity contribution in [2.45, 2.75) is 13.2 Å². The van der Waals surface area contributed by atoms with Crippen molar-refractivity contribution in [3.8, 4) is 11.5 Å². The quantitative estimate of drug-likeness (QED) is 0.635. The molecule has 1 aliphatic heterocycles. The predicted molar refractivity (Wildman–Crippen MR) is 79.0 cm³/mol. The normalized spacial score (nSPS) is 15.0. The van der Waals surface area contributed by atoms with Gasteiger partial charge in [0.25, 0.3) is 5.69 Å². The van der Waals surface area contributed by atoms with Crippen molar-refractivity contribution in [3.63, 3.8) is 0 Å². The molecule has 1 heterocycles. The van der Waals surface area contributed by atoms with Crippen LogP contribution in [0.1, 0.15) is 17.4 Å². The zero-order valence-electron chi connectivity index (χ0n) is 12.0. The summed E-state index contributed by atoms with van der Waals surface area (Å²) in [5.41, 5.74) is 1.58. The van der Waals surface area contributed by atoms with Gasteiger partial charge in [0.15, 0.2) is 6.29 Å². The van der Waals surface area contributed by atoms with E-state index < -0.39 is 4.92 Å². The van der Waals surface area contributed by atoms with Gasteiger partial charge in [-0.3, -0.25) is 10.1 Å². The Morgan fingerprint density at radius 2 is 1.73 bits per heavy atom. The molecule has 2 aromatic rings. The largest absolute Gasteiger partial charge is 0.457 e. The fourth-order valence-corrected chi connectivity index (χ4v) is 2.28. The molecule has 1 saturated heterocycles. The van der Waals surface area contributed by atoms with Gasteiger partial charge in [-0.2, -0.15) is 0 Å². The first-order valence-electron chi connectivity index (χ1n) is 6.89. The highest BCUT2D eigenvalue weighted by Crippen LogP contribution is 2.29. The maximum Gasteiger partial charge on any atom is 0.272 e. The zero-order chi connectivity index (χ0) is 15.5. The Bertz CT molecular complexity index is 677. The topological polar surface area (TPSA) is 70.8 Å². The molecule has 0 spiro atoms. The van der Waals surface area contributed by atoms with E-state index >= 15 is 0 Å². The van der Waals surface area contributed by atoms with Crippen LogP contribution in [0.3, 0.4) is 0 Å². The third kappa shape index (κ3) is 3.08. The number of ether oxygens (including phenoxy) is 3. The minimum atomic E-state index is -0.407. The molecular formula is C16H15NO5. The van der Waals surface area contributed by atoms with E-state index in [-0.39, 0.29) is 12.0 Å². The molecule has 6 nitrogen and oxygen atoms in total. The monoisotopic (exact) mass is 301 g/mol. The van der Waals surface area contributed by atoms with E-state index in [1.54, 1.807) is 19.1 Å². The van der Waals surface area contributed by atoms with Crippen LogP contribution in [0.4, 0.5) is 5.69 Å². The molecule has 3 rings (SSSR count). The van der Waals surface area contributed by atoms with Crippen molar-refractivity contribution in [1.82, 2.24) is 0 Å². The lowest BCUT2D eigenvalue weighted by Crippen LogP contribution is -1.97. The summed E-state index contributed by atoms with van der Waals surface area (Å²) in [5.74, 6) is 1.21. The first-order chi connectivity index (χ1) is 10.6. The average molecular weight is 301 g/mol.